The highest BCUT2D eigenvalue weighted by atomic mass is 79.9. The molecule has 0 spiro atoms. The topological polar surface area (TPSA) is 241 Å². The van der Waals surface area contributed by atoms with Gasteiger partial charge in [0.1, 0.15) is 0 Å². The number of aromatic amines is 3. The summed E-state index contributed by atoms with van der Waals surface area (Å²) < 4.78 is 10.6. The Morgan fingerprint density at radius 2 is 0.913 bits per heavy atom. The molecule has 0 saturated heterocycles. The molecule has 0 radical (unpaired) electrons. The lowest BCUT2D eigenvalue weighted by molar-refractivity contribution is 0.275. The molecule has 0 aliphatic rings. The summed E-state index contributed by atoms with van der Waals surface area (Å²) >= 11 is 8.97. The van der Waals surface area contributed by atoms with Crippen molar-refractivity contribution in [1.29, 1.82) is 0 Å². The van der Waals surface area contributed by atoms with Gasteiger partial charge in [0.05, 0.1) is 0 Å². The van der Waals surface area contributed by atoms with E-state index in [0.717, 1.165) is 0 Å². The highest BCUT2D eigenvalue weighted by molar-refractivity contribution is 9.10. The zero-order valence-electron chi connectivity index (χ0n) is 10.4. The number of H-pyrrole nitrogens is 3. The minimum absolute atomic E-state index is 0.558. The molecule has 0 amide bonds. The average molecular weight is 545 g/mol. The average Bonchev–Trinajstić information content (AvgIpc) is 3.14. The third kappa shape index (κ3) is 18.7. The predicted octanol–water partition coefficient (Wildman–Crippen LogP) is -1.04. The fourth-order valence-corrected chi connectivity index (χ4v) is 0.893. The van der Waals surface area contributed by atoms with Crippen LogP contribution in [0.15, 0.2) is 14.2 Å². The van der Waals surface area contributed by atoms with Gasteiger partial charge in [-0.25, -0.2) is 19.9 Å². The second kappa shape index (κ2) is 12.2. The van der Waals surface area contributed by atoms with Crippen LogP contribution in [0.1, 0.15) is 0 Å². The monoisotopic (exact) mass is 542 g/mol. The van der Waals surface area contributed by atoms with Gasteiger partial charge in [-0.2, -0.15) is 0 Å². The van der Waals surface area contributed by atoms with Crippen LogP contribution in [0.5, 0.6) is 0 Å². The Morgan fingerprint density at radius 1 is 0.696 bits per heavy atom. The van der Waals surface area contributed by atoms with E-state index in [1.165, 1.54) is 0 Å². The molecule has 20 heteroatoms. The lowest BCUT2D eigenvalue weighted by atomic mass is 11.4. The Kier molecular flexibility index (Phi) is 11.6. The lowest BCUT2D eigenvalue weighted by Gasteiger charge is -1.82. The van der Waals surface area contributed by atoms with Gasteiger partial charge >= 0.3 is 7.82 Å². The zero-order valence-corrected chi connectivity index (χ0v) is 16.0. The molecule has 0 saturated carbocycles. The third-order valence-electron chi connectivity index (χ3n) is 0.958. The summed E-state index contributed by atoms with van der Waals surface area (Å²) in [5.74, 6) is 0. The molecule has 0 bridgehead atoms. The van der Waals surface area contributed by atoms with Crippen LogP contribution in [0.25, 0.3) is 0 Å². The highest BCUT2D eigenvalue weighted by Crippen LogP contribution is 2.25. The largest absolute Gasteiger partial charge is 0.466 e. The van der Waals surface area contributed by atoms with Crippen LogP contribution in [0, 0.1) is 0 Å². The maximum absolute atomic E-state index is 8.88. The van der Waals surface area contributed by atoms with Crippen molar-refractivity contribution in [3.8, 4) is 0 Å². The van der Waals surface area contributed by atoms with Crippen LogP contribution < -0.4 is 0 Å². The summed E-state index contributed by atoms with van der Waals surface area (Å²) in [7, 11) is -4.64. The van der Waals surface area contributed by atoms with Gasteiger partial charge < -0.3 is 14.7 Å². The second-order valence-electron chi connectivity index (χ2n) is 2.59. The van der Waals surface area contributed by atoms with Crippen LogP contribution in [0.3, 0.4) is 0 Å². The highest BCUT2D eigenvalue weighted by Gasteiger charge is 2.00. The Balaban J connectivity index is 0.000000282. The maximum atomic E-state index is 8.88. The molecule has 0 atom stereocenters. The van der Waals surface area contributed by atoms with E-state index in [1.807, 2.05) is 0 Å². The number of nitrogens with zero attached hydrogens (tertiary/aromatic N) is 9. The van der Waals surface area contributed by atoms with Crippen LogP contribution in [-0.4, -0.2) is 76.6 Å². The van der Waals surface area contributed by atoms with E-state index in [4.69, 9.17) is 19.2 Å². The Morgan fingerprint density at radius 3 is 0.957 bits per heavy atom. The van der Waals surface area contributed by atoms with E-state index in [9.17, 15) is 0 Å². The van der Waals surface area contributed by atoms with Crippen molar-refractivity contribution in [2.45, 2.75) is 0 Å². The molecule has 23 heavy (non-hydrogen) atoms. The van der Waals surface area contributed by atoms with E-state index in [-0.39, 0.29) is 0 Å². The Labute approximate surface area is 150 Å². The van der Waals surface area contributed by atoms with Gasteiger partial charge in [-0.3, -0.25) is 0 Å². The standard InChI is InChI=1S/3CHBrN4.H3O4P/c3*2-1-3-5-6-4-1;1-5(2,3)4/h3*(H,3,4,5,6);(H3,1,2,3,4). The molecule has 3 aromatic heterocycles. The summed E-state index contributed by atoms with van der Waals surface area (Å²) in [5.41, 5.74) is 0. The first kappa shape index (κ1) is 21.8. The molecular formula is C3H6Br3N12O4P. The number of hydrogen-bond acceptors (Lipinski definition) is 10. The molecule has 3 aromatic rings. The Bertz CT molecular complexity index is 554. The third-order valence-corrected chi connectivity index (χ3v) is 1.97. The minimum atomic E-state index is -4.64. The zero-order chi connectivity index (χ0) is 17.7. The Hall–Kier alpha value is -1.24. The van der Waals surface area contributed by atoms with Crippen molar-refractivity contribution in [3.63, 3.8) is 0 Å². The van der Waals surface area contributed by atoms with Gasteiger partial charge in [-0.05, 0) is 79.1 Å². The van der Waals surface area contributed by atoms with Gasteiger partial charge in [0.15, 0.2) is 0 Å². The summed E-state index contributed by atoms with van der Waals surface area (Å²) in [6, 6.07) is 0. The summed E-state index contributed by atoms with van der Waals surface area (Å²) in [4.78, 5) is 21.6. The quantitative estimate of drug-likeness (QED) is 0.185. The molecule has 0 aromatic carbocycles. The first-order valence-electron chi connectivity index (χ1n) is 4.64. The molecule has 0 fully saturated rings. The molecule has 0 unspecified atom stereocenters. The normalized spacial score (nSPS) is 9.48. The number of tetrazole rings is 3. The SMILES string of the molecule is Brc1nnn[nH]1.Brc1nnn[nH]1.Brc1nnn[nH]1.O=P(O)(O)O. The van der Waals surface area contributed by atoms with E-state index >= 15 is 0 Å². The van der Waals surface area contributed by atoms with Gasteiger partial charge in [-0.1, -0.05) is 0 Å². The number of nitrogens with one attached hydrogen (secondary N) is 3. The minimum Gasteiger partial charge on any atom is -0.303 e. The van der Waals surface area contributed by atoms with Gasteiger partial charge in [0.2, 0.25) is 14.2 Å². The van der Waals surface area contributed by atoms with Gasteiger partial charge in [0, 0.05) is 0 Å². The van der Waals surface area contributed by atoms with E-state index in [0.29, 0.717) is 14.2 Å². The lowest BCUT2D eigenvalue weighted by Crippen LogP contribution is -1.66. The first-order valence-corrected chi connectivity index (χ1v) is 8.59. The fourth-order valence-electron chi connectivity index (χ4n) is 0.443. The second-order valence-corrected chi connectivity index (χ2v) is 5.87. The van der Waals surface area contributed by atoms with E-state index < -0.39 is 7.82 Å². The van der Waals surface area contributed by atoms with Crippen molar-refractivity contribution in [3.05, 3.63) is 14.2 Å². The number of halogens is 3. The number of phosphoric acid groups is 1. The summed E-state index contributed by atoms with van der Waals surface area (Å²) in [6.45, 7) is 0. The number of aromatic nitrogens is 12. The molecule has 128 valence electrons. The number of hydrogen-bond donors (Lipinski definition) is 6. The fraction of sp³-hybridized carbons (Fsp3) is 0. The van der Waals surface area contributed by atoms with E-state index in [2.05, 4.69) is 110 Å². The molecule has 3 heterocycles. The van der Waals surface area contributed by atoms with Crippen molar-refractivity contribution in [2.24, 2.45) is 0 Å². The van der Waals surface area contributed by atoms with Crippen LogP contribution in [0.4, 0.5) is 0 Å². The molecular weight excluding hydrogens is 539 g/mol. The smallest absolute Gasteiger partial charge is 0.303 e. The van der Waals surface area contributed by atoms with Crippen LogP contribution in [-0.2, 0) is 4.57 Å². The van der Waals surface area contributed by atoms with Crippen LogP contribution >= 0.6 is 55.6 Å². The summed E-state index contributed by atoms with van der Waals surface area (Å²) in [5, 5.41) is 37.1. The van der Waals surface area contributed by atoms with Crippen molar-refractivity contribution in [2.75, 3.05) is 0 Å². The first-order chi connectivity index (χ1) is 10.7. The van der Waals surface area contributed by atoms with Gasteiger partial charge in [0.25, 0.3) is 0 Å². The number of rotatable bonds is 0. The summed E-state index contributed by atoms with van der Waals surface area (Å²) in [6.07, 6.45) is 0. The molecule has 0 aliphatic carbocycles. The van der Waals surface area contributed by atoms with E-state index in [1.54, 1.807) is 0 Å². The van der Waals surface area contributed by atoms with Crippen molar-refractivity contribution < 1.29 is 19.2 Å². The predicted molar refractivity (Wildman–Crippen MR) is 79.9 cm³/mol. The van der Waals surface area contributed by atoms with Crippen molar-refractivity contribution >= 4 is 55.6 Å². The van der Waals surface area contributed by atoms with Crippen LogP contribution in [0.2, 0.25) is 0 Å². The molecule has 3 rings (SSSR count). The van der Waals surface area contributed by atoms with Gasteiger partial charge in [-0.15, -0.1) is 15.3 Å². The maximum Gasteiger partial charge on any atom is 0.466 e. The molecule has 6 N–H and O–H groups in total. The molecule has 16 nitrogen and oxygen atoms in total. The van der Waals surface area contributed by atoms with Crippen molar-refractivity contribution in [1.82, 2.24) is 61.9 Å². The molecule has 0 aliphatic heterocycles.